The Balaban J connectivity index is 0.000000360. The van der Waals surface area contributed by atoms with Crippen LogP contribution in [-0.2, 0) is 0 Å². The number of hydrogen-bond donors (Lipinski definition) is 1. The van der Waals surface area contributed by atoms with E-state index in [0.29, 0.717) is 4.71 Å². The third-order valence-corrected chi connectivity index (χ3v) is 0.558. The van der Waals surface area contributed by atoms with E-state index in [1.54, 1.807) is 0 Å². The Hall–Kier alpha value is -0.350. The molecule has 0 aliphatic carbocycles. The number of hydrogen-bond acceptors (Lipinski definition) is 3. The highest BCUT2D eigenvalue weighted by atomic mass is 35.5. The van der Waals surface area contributed by atoms with Crippen molar-refractivity contribution in [3.05, 3.63) is 10.9 Å². The third-order valence-electron chi connectivity index (χ3n) is 0.369. The van der Waals surface area contributed by atoms with E-state index in [1.807, 2.05) is 0 Å². The molecule has 1 heterocycles. The second-order valence-corrected chi connectivity index (χ2v) is 1.17. The average molecular weight is 139 g/mol. The molecule has 0 amide bonds. The van der Waals surface area contributed by atoms with Crippen molar-refractivity contribution in [1.29, 1.82) is 0 Å². The monoisotopic (exact) mass is 138 g/mol. The first-order chi connectivity index (χ1) is 2.89. The quantitative estimate of drug-likeness (QED) is 0.547. The zero-order chi connectivity index (χ0) is 4.41. The highest BCUT2D eigenvalue weighted by molar-refractivity contribution is 7.71. The van der Waals surface area contributed by atoms with E-state index in [4.69, 9.17) is 0 Å². The molecule has 0 atom stereocenters. The van der Waals surface area contributed by atoms with Crippen molar-refractivity contribution in [2.24, 2.45) is 0 Å². The Morgan fingerprint density at radius 1 is 1.86 bits per heavy atom. The predicted molar refractivity (Wildman–Crippen MR) is 28.9 cm³/mol. The highest BCUT2D eigenvalue weighted by Crippen LogP contribution is 1.77. The lowest BCUT2D eigenvalue weighted by Crippen LogP contribution is -1.53. The van der Waals surface area contributed by atoms with Crippen LogP contribution < -0.4 is 0 Å². The van der Waals surface area contributed by atoms with Crippen LogP contribution in [0.15, 0.2) is 10.7 Å². The van der Waals surface area contributed by atoms with Crippen LogP contribution in [0.1, 0.15) is 0 Å². The van der Waals surface area contributed by atoms with E-state index in [-0.39, 0.29) is 12.4 Å². The fourth-order valence-corrected chi connectivity index (χ4v) is 0.267. The van der Waals surface area contributed by atoms with E-state index >= 15 is 0 Å². The van der Waals surface area contributed by atoms with Crippen molar-refractivity contribution in [2.45, 2.75) is 0 Å². The smallest absolute Gasteiger partial charge is 0.240 e. The number of aromatic nitrogens is 2. The summed E-state index contributed by atoms with van der Waals surface area (Å²) in [6.45, 7) is 0. The molecule has 5 heteroatoms. The minimum absolute atomic E-state index is 0. The number of nitrogens with zero attached hydrogens (tertiary/aromatic N) is 1. The second-order valence-electron chi connectivity index (χ2n) is 0.771. The van der Waals surface area contributed by atoms with Crippen molar-refractivity contribution in [3.63, 3.8) is 0 Å². The SMILES string of the molecule is Cl.S=c1cn[nH]o1. The van der Waals surface area contributed by atoms with Gasteiger partial charge in [-0.2, -0.15) is 0 Å². The molecule has 1 aromatic heterocycles. The Labute approximate surface area is 51.1 Å². The van der Waals surface area contributed by atoms with E-state index in [1.165, 1.54) is 6.20 Å². The Kier molecular flexibility index (Phi) is 2.62. The lowest BCUT2D eigenvalue weighted by molar-refractivity contribution is 0.383. The number of halogens is 1. The molecule has 0 unspecified atom stereocenters. The molecule has 0 bridgehead atoms. The van der Waals surface area contributed by atoms with E-state index in [0.717, 1.165) is 0 Å². The van der Waals surface area contributed by atoms with Gasteiger partial charge < -0.3 is 4.52 Å². The van der Waals surface area contributed by atoms with E-state index < -0.39 is 0 Å². The van der Waals surface area contributed by atoms with Crippen LogP contribution in [0.5, 0.6) is 0 Å². The molecule has 0 radical (unpaired) electrons. The summed E-state index contributed by atoms with van der Waals surface area (Å²) in [5, 5.41) is 5.63. The van der Waals surface area contributed by atoms with Crippen LogP contribution in [0.4, 0.5) is 0 Å². The number of aromatic amines is 1. The van der Waals surface area contributed by atoms with Crippen LogP contribution in [0.3, 0.4) is 0 Å². The zero-order valence-corrected chi connectivity index (χ0v) is 4.88. The maximum atomic E-state index is 4.48. The van der Waals surface area contributed by atoms with Gasteiger partial charge in [-0.25, -0.2) is 0 Å². The normalized spacial score (nSPS) is 7.43. The summed E-state index contributed by atoms with van der Waals surface area (Å²) in [5.74, 6) is 0. The minimum atomic E-state index is 0. The summed E-state index contributed by atoms with van der Waals surface area (Å²) >= 11 is 4.48. The minimum Gasteiger partial charge on any atom is -0.352 e. The summed E-state index contributed by atoms with van der Waals surface area (Å²) < 4.78 is 4.80. The molecule has 1 aromatic rings. The fraction of sp³-hybridized carbons (Fsp3) is 0. The number of nitrogens with one attached hydrogen (secondary N) is 1. The molecular formula is C2H3ClN2OS. The highest BCUT2D eigenvalue weighted by Gasteiger charge is 1.70. The molecule has 0 saturated heterocycles. The number of H-pyrrole nitrogens is 1. The van der Waals surface area contributed by atoms with Gasteiger partial charge in [-0.15, -0.1) is 22.8 Å². The fourth-order valence-electron chi connectivity index (χ4n) is 0.177. The summed E-state index contributed by atoms with van der Waals surface area (Å²) in [4.78, 5) is 0. The first kappa shape index (κ1) is 6.65. The summed E-state index contributed by atoms with van der Waals surface area (Å²) in [6, 6.07) is 0. The second kappa shape index (κ2) is 2.76. The van der Waals surface area contributed by atoms with Gasteiger partial charge in [0.15, 0.2) is 0 Å². The molecule has 0 saturated carbocycles. The molecule has 40 valence electrons. The van der Waals surface area contributed by atoms with Crippen molar-refractivity contribution < 1.29 is 4.52 Å². The first-order valence-electron chi connectivity index (χ1n) is 1.38. The molecule has 3 nitrogen and oxygen atoms in total. The maximum Gasteiger partial charge on any atom is 0.240 e. The molecule has 1 N–H and O–H groups in total. The third kappa shape index (κ3) is 1.70. The van der Waals surface area contributed by atoms with Crippen molar-refractivity contribution in [3.8, 4) is 0 Å². The van der Waals surface area contributed by atoms with Crippen LogP contribution in [-0.4, -0.2) is 10.4 Å². The van der Waals surface area contributed by atoms with Gasteiger partial charge in [-0.1, -0.05) is 0 Å². The average Bonchev–Trinajstić information content (AvgIpc) is 1.86. The summed E-state index contributed by atoms with van der Waals surface area (Å²) in [7, 11) is 0. The topological polar surface area (TPSA) is 41.8 Å². The molecule has 0 spiro atoms. The van der Waals surface area contributed by atoms with Gasteiger partial charge in [0.2, 0.25) is 4.71 Å². The summed E-state index contributed by atoms with van der Waals surface area (Å²) in [6.07, 6.45) is 1.43. The summed E-state index contributed by atoms with van der Waals surface area (Å²) in [5.41, 5.74) is 0. The van der Waals surface area contributed by atoms with Crippen LogP contribution in [0.25, 0.3) is 0 Å². The number of rotatable bonds is 0. The molecule has 0 fully saturated rings. The molecule has 0 aliphatic heterocycles. The Morgan fingerprint density at radius 2 is 2.57 bits per heavy atom. The molecule has 0 aliphatic rings. The Morgan fingerprint density at radius 3 is 2.71 bits per heavy atom. The Bertz CT molecular complexity index is 153. The van der Waals surface area contributed by atoms with E-state index in [2.05, 4.69) is 27.1 Å². The zero-order valence-electron chi connectivity index (χ0n) is 3.25. The lowest BCUT2D eigenvalue weighted by Gasteiger charge is -1.54. The van der Waals surface area contributed by atoms with Crippen LogP contribution in [0, 0.1) is 4.71 Å². The standard InChI is InChI=1S/C2H2N2OS.ClH/c6-2-1-3-4-5-2;/h1,4H;1H. The van der Waals surface area contributed by atoms with Gasteiger partial charge in [0, 0.05) is 0 Å². The maximum absolute atomic E-state index is 4.48. The van der Waals surface area contributed by atoms with Gasteiger partial charge in [0.1, 0.15) is 6.20 Å². The van der Waals surface area contributed by atoms with Gasteiger partial charge in [0.05, 0.1) is 0 Å². The van der Waals surface area contributed by atoms with E-state index in [9.17, 15) is 0 Å². The van der Waals surface area contributed by atoms with Gasteiger partial charge in [0.25, 0.3) is 0 Å². The lowest BCUT2D eigenvalue weighted by atomic mass is 11.0. The molecular weight excluding hydrogens is 136 g/mol. The molecule has 7 heavy (non-hydrogen) atoms. The van der Waals surface area contributed by atoms with Crippen LogP contribution >= 0.6 is 24.6 Å². The van der Waals surface area contributed by atoms with Crippen LogP contribution in [0.2, 0.25) is 0 Å². The van der Waals surface area contributed by atoms with Gasteiger partial charge >= 0.3 is 0 Å². The van der Waals surface area contributed by atoms with Crippen molar-refractivity contribution in [2.75, 3.05) is 0 Å². The largest absolute Gasteiger partial charge is 0.352 e. The predicted octanol–water partition coefficient (Wildman–Crippen LogP) is 1.15. The molecule has 0 aromatic carbocycles. The van der Waals surface area contributed by atoms with Crippen molar-refractivity contribution in [1.82, 2.24) is 10.4 Å². The first-order valence-corrected chi connectivity index (χ1v) is 1.79. The molecule has 1 rings (SSSR count). The van der Waals surface area contributed by atoms with Gasteiger partial charge in [-0.3, -0.25) is 0 Å². The van der Waals surface area contributed by atoms with Crippen molar-refractivity contribution >= 4 is 24.6 Å². The van der Waals surface area contributed by atoms with Gasteiger partial charge in [-0.05, 0) is 12.2 Å².